The Hall–Kier alpha value is -0.960. The summed E-state index contributed by atoms with van der Waals surface area (Å²) in [5.41, 5.74) is 0.418. The molecular formula is C18H25BrN2O4S. The van der Waals surface area contributed by atoms with Gasteiger partial charge in [0.2, 0.25) is 10.0 Å². The van der Waals surface area contributed by atoms with E-state index < -0.39 is 10.0 Å². The topological polar surface area (TPSA) is 66.9 Å². The third-order valence-corrected chi connectivity index (χ3v) is 7.81. The first kappa shape index (κ1) is 19.8. The molecule has 0 spiro atoms. The van der Waals surface area contributed by atoms with Gasteiger partial charge in [-0.25, -0.2) is 8.42 Å². The van der Waals surface area contributed by atoms with Crippen LogP contribution in [0, 0.1) is 11.8 Å². The van der Waals surface area contributed by atoms with E-state index in [0.717, 1.165) is 6.42 Å². The molecule has 2 atom stereocenters. The first-order valence-electron chi connectivity index (χ1n) is 8.95. The van der Waals surface area contributed by atoms with Crippen LogP contribution in [-0.2, 0) is 14.8 Å². The van der Waals surface area contributed by atoms with Gasteiger partial charge in [-0.15, -0.1) is 0 Å². The third kappa shape index (κ3) is 4.13. The van der Waals surface area contributed by atoms with E-state index in [4.69, 9.17) is 4.74 Å². The van der Waals surface area contributed by atoms with Crippen molar-refractivity contribution in [3.05, 3.63) is 28.2 Å². The van der Waals surface area contributed by atoms with Crippen LogP contribution in [0.2, 0.25) is 0 Å². The Morgan fingerprint density at radius 2 is 1.77 bits per heavy atom. The maximum atomic E-state index is 13.0. The molecule has 0 aromatic heterocycles. The third-order valence-electron chi connectivity index (χ3n) is 4.92. The summed E-state index contributed by atoms with van der Waals surface area (Å²) in [7, 11) is -3.67. The molecule has 144 valence electrons. The van der Waals surface area contributed by atoms with Crippen LogP contribution in [0.1, 0.15) is 30.6 Å². The van der Waals surface area contributed by atoms with E-state index in [1.54, 1.807) is 12.1 Å². The fraction of sp³-hybridized carbons (Fsp3) is 0.611. The molecule has 0 unspecified atom stereocenters. The predicted molar refractivity (Wildman–Crippen MR) is 103 cm³/mol. The van der Waals surface area contributed by atoms with Crippen molar-refractivity contribution in [3.8, 4) is 0 Å². The molecule has 1 aromatic carbocycles. The van der Waals surface area contributed by atoms with Gasteiger partial charge in [-0.05, 0) is 52.4 Å². The van der Waals surface area contributed by atoms with E-state index in [1.807, 2.05) is 4.90 Å². The van der Waals surface area contributed by atoms with Crippen molar-refractivity contribution in [2.45, 2.75) is 25.2 Å². The van der Waals surface area contributed by atoms with Gasteiger partial charge < -0.3 is 9.64 Å². The fourth-order valence-electron chi connectivity index (χ4n) is 3.77. The number of sulfonamides is 1. The van der Waals surface area contributed by atoms with E-state index >= 15 is 0 Å². The van der Waals surface area contributed by atoms with Crippen LogP contribution < -0.4 is 0 Å². The highest BCUT2D eigenvalue weighted by Gasteiger charge is 2.31. The van der Waals surface area contributed by atoms with Crippen LogP contribution >= 0.6 is 15.9 Å². The minimum Gasteiger partial charge on any atom is -0.379 e. The number of likely N-dealkylation sites (tertiary alicyclic amines) is 1. The van der Waals surface area contributed by atoms with E-state index in [0.29, 0.717) is 61.3 Å². The van der Waals surface area contributed by atoms with E-state index in [2.05, 4.69) is 29.8 Å². The van der Waals surface area contributed by atoms with Crippen molar-refractivity contribution >= 4 is 31.9 Å². The summed E-state index contributed by atoms with van der Waals surface area (Å²) in [6.45, 7) is 7.15. The first-order valence-corrected chi connectivity index (χ1v) is 11.2. The second-order valence-electron chi connectivity index (χ2n) is 7.32. The van der Waals surface area contributed by atoms with Crippen molar-refractivity contribution < 1.29 is 17.9 Å². The molecule has 0 radical (unpaired) electrons. The number of ether oxygens (including phenoxy) is 1. The van der Waals surface area contributed by atoms with Crippen molar-refractivity contribution in [2.24, 2.45) is 11.8 Å². The Balaban J connectivity index is 1.88. The summed E-state index contributed by atoms with van der Waals surface area (Å²) in [6.07, 6.45) is 1.11. The van der Waals surface area contributed by atoms with Crippen LogP contribution in [-0.4, -0.2) is 62.9 Å². The Morgan fingerprint density at radius 1 is 1.15 bits per heavy atom. The van der Waals surface area contributed by atoms with Gasteiger partial charge in [-0.3, -0.25) is 4.79 Å². The molecule has 2 aliphatic heterocycles. The number of hydrogen-bond donors (Lipinski definition) is 0. The average Bonchev–Trinajstić information content (AvgIpc) is 2.61. The molecule has 8 heteroatoms. The van der Waals surface area contributed by atoms with Gasteiger partial charge >= 0.3 is 0 Å². The standard InChI is InChI=1S/C18H25BrN2O4S/c1-13-9-14(2)12-20(11-13)18(22)15-3-4-16(19)17(10-15)26(23,24)21-5-7-25-8-6-21/h3-4,10,13-14H,5-9,11-12H2,1-2H3/t13-,14-/m0/s1. The Bertz CT molecular complexity index is 767. The molecule has 2 saturated heterocycles. The number of benzene rings is 1. The molecule has 26 heavy (non-hydrogen) atoms. The van der Waals surface area contributed by atoms with E-state index in [-0.39, 0.29) is 10.8 Å². The highest BCUT2D eigenvalue weighted by molar-refractivity contribution is 9.10. The van der Waals surface area contributed by atoms with Gasteiger partial charge in [-0.1, -0.05) is 13.8 Å². The SMILES string of the molecule is C[C@H]1C[C@H](C)CN(C(=O)c2ccc(Br)c(S(=O)(=O)N3CCOCC3)c2)C1. The number of amides is 1. The van der Waals surface area contributed by atoms with E-state index in [9.17, 15) is 13.2 Å². The lowest BCUT2D eigenvalue weighted by molar-refractivity contribution is 0.0622. The molecule has 3 rings (SSSR count). The van der Waals surface area contributed by atoms with Gasteiger partial charge in [-0.2, -0.15) is 4.31 Å². The monoisotopic (exact) mass is 444 g/mol. The zero-order chi connectivity index (χ0) is 18.9. The molecule has 0 aliphatic carbocycles. The Kier molecular flexibility index (Phi) is 6.06. The second kappa shape index (κ2) is 7.96. The maximum absolute atomic E-state index is 13.0. The molecule has 0 bridgehead atoms. The van der Waals surface area contributed by atoms with Gasteiger partial charge in [0.1, 0.15) is 0 Å². The molecule has 0 N–H and O–H groups in total. The lowest BCUT2D eigenvalue weighted by Crippen LogP contribution is -2.43. The maximum Gasteiger partial charge on any atom is 0.253 e. The fourth-order valence-corrected chi connectivity index (χ4v) is 6.13. The summed E-state index contributed by atoms with van der Waals surface area (Å²) in [5.74, 6) is 0.804. The van der Waals surface area contributed by atoms with Crippen molar-refractivity contribution in [3.63, 3.8) is 0 Å². The highest BCUT2D eigenvalue weighted by atomic mass is 79.9. The van der Waals surface area contributed by atoms with Gasteiger partial charge in [0.05, 0.1) is 18.1 Å². The lowest BCUT2D eigenvalue weighted by Gasteiger charge is -2.35. The molecule has 2 aliphatic rings. The van der Waals surface area contributed by atoms with E-state index in [1.165, 1.54) is 10.4 Å². The Morgan fingerprint density at radius 3 is 2.38 bits per heavy atom. The summed E-state index contributed by atoms with van der Waals surface area (Å²) in [6, 6.07) is 4.84. The predicted octanol–water partition coefficient (Wildman–Crippen LogP) is 2.59. The minimum atomic E-state index is -3.67. The summed E-state index contributed by atoms with van der Waals surface area (Å²) < 4.78 is 33.1. The normalized spacial score (nSPS) is 25.3. The van der Waals surface area contributed by atoms with Crippen LogP contribution in [0.4, 0.5) is 0 Å². The van der Waals surface area contributed by atoms with Crippen molar-refractivity contribution in [2.75, 3.05) is 39.4 Å². The lowest BCUT2D eigenvalue weighted by atomic mass is 9.91. The quantitative estimate of drug-likeness (QED) is 0.718. The molecular weight excluding hydrogens is 420 g/mol. The molecule has 2 fully saturated rings. The Labute approximate surface area is 163 Å². The molecule has 2 heterocycles. The number of rotatable bonds is 3. The van der Waals surface area contributed by atoms with Gasteiger partial charge in [0, 0.05) is 36.2 Å². The van der Waals surface area contributed by atoms with Crippen LogP contribution in [0.25, 0.3) is 0 Å². The summed E-state index contributed by atoms with van der Waals surface area (Å²) in [5, 5.41) is 0. The summed E-state index contributed by atoms with van der Waals surface area (Å²) >= 11 is 3.34. The molecule has 6 nitrogen and oxygen atoms in total. The number of piperidine rings is 1. The number of morpholine rings is 1. The highest BCUT2D eigenvalue weighted by Crippen LogP contribution is 2.28. The first-order chi connectivity index (χ1) is 12.3. The largest absolute Gasteiger partial charge is 0.379 e. The van der Waals surface area contributed by atoms with Crippen LogP contribution in [0.3, 0.4) is 0 Å². The zero-order valence-corrected chi connectivity index (χ0v) is 17.6. The number of hydrogen-bond acceptors (Lipinski definition) is 4. The van der Waals surface area contributed by atoms with Crippen molar-refractivity contribution in [1.82, 2.24) is 9.21 Å². The zero-order valence-electron chi connectivity index (χ0n) is 15.2. The van der Waals surface area contributed by atoms with Crippen molar-refractivity contribution in [1.29, 1.82) is 0 Å². The average molecular weight is 445 g/mol. The summed E-state index contributed by atoms with van der Waals surface area (Å²) in [4.78, 5) is 14.9. The second-order valence-corrected chi connectivity index (χ2v) is 10.1. The smallest absolute Gasteiger partial charge is 0.253 e. The number of carbonyl (C=O) groups excluding carboxylic acids is 1. The number of carbonyl (C=O) groups is 1. The van der Waals surface area contributed by atoms with Gasteiger partial charge in [0.25, 0.3) is 5.91 Å². The number of nitrogens with zero attached hydrogens (tertiary/aromatic N) is 2. The molecule has 1 aromatic rings. The minimum absolute atomic E-state index is 0.102. The van der Waals surface area contributed by atoms with Crippen LogP contribution in [0.15, 0.2) is 27.6 Å². The van der Waals surface area contributed by atoms with Gasteiger partial charge in [0.15, 0.2) is 0 Å². The number of halogens is 1. The molecule has 0 saturated carbocycles. The molecule has 1 amide bonds. The van der Waals surface area contributed by atoms with Crippen LogP contribution in [0.5, 0.6) is 0 Å².